The van der Waals surface area contributed by atoms with Crippen molar-refractivity contribution in [3.8, 4) is 0 Å². The third-order valence-corrected chi connectivity index (χ3v) is 6.53. The smallest absolute Gasteiger partial charge is 0.154 e. The van der Waals surface area contributed by atoms with E-state index in [-0.39, 0.29) is 5.92 Å². The molecule has 26 heavy (non-hydrogen) atoms. The number of carbonyl (C=O) groups excluding carboxylic acids is 1. The maximum Gasteiger partial charge on any atom is 0.154 e. The maximum absolute atomic E-state index is 12.5. The Bertz CT molecular complexity index is 607. The summed E-state index contributed by atoms with van der Waals surface area (Å²) in [4.78, 5) is 14.9. The molecule has 1 saturated heterocycles. The van der Waals surface area contributed by atoms with Crippen LogP contribution in [0.15, 0.2) is 24.3 Å². The van der Waals surface area contributed by atoms with E-state index in [0.717, 1.165) is 43.1 Å². The number of hydrogen-bond donors (Lipinski definition) is 2. The quantitative estimate of drug-likeness (QED) is 0.535. The van der Waals surface area contributed by atoms with E-state index in [0.29, 0.717) is 17.4 Å². The van der Waals surface area contributed by atoms with E-state index in [1.807, 2.05) is 24.3 Å². The lowest BCUT2D eigenvalue weighted by Gasteiger charge is -2.26. The molecule has 5 heteroatoms. The van der Waals surface area contributed by atoms with Crippen LogP contribution in [0.1, 0.15) is 56.9 Å². The van der Waals surface area contributed by atoms with Gasteiger partial charge in [-0.3, -0.25) is 15.1 Å². The minimum absolute atomic E-state index is 0.233. The number of nitrogens with zero attached hydrogens (tertiary/aromatic N) is 1. The van der Waals surface area contributed by atoms with Gasteiger partial charge < -0.3 is 5.32 Å². The third-order valence-electron chi connectivity index (χ3n) is 5.53. The Morgan fingerprint density at radius 1 is 1.08 bits per heavy atom. The first kappa shape index (κ1) is 19.4. The van der Waals surface area contributed by atoms with Crippen molar-refractivity contribution in [2.24, 2.45) is 5.92 Å². The molecule has 0 bridgehead atoms. The largest absolute Gasteiger partial charge is 0.377 e. The highest BCUT2D eigenvalue weighted by atomic mass is 32.2. The summed E-state index contributed by atoms with van der Waals surface area (Å²) < 4.78 is 0. The third kappa shape index (κ3) is 5.58. The Kier molecular flexibility index (Phi) is 7.56. The van der Waals surface area contributed by atoms with Gasteiger partial charge in [-0.1, -0.05) is 55.6 Å². The SMILES string of the molecule is N=C(SCN1CCCCC1)c1ccccc1NCC(=O)C1CCCCC1. The van der Waals surface area contributed by atoms with Gasteiger partial charge in [0.25, 0.3) is 0 Å². The van der Waals surface area contributed by atoms with Crippen LogP contribution < -0.4 is 5.32 Å². The fraction of sp³-hybridized carbons (Fsp3) is 0.619. The fourth-order valence-corrected chi connectivity index (χ4v) is 4.81. The summed E-state index contributed by atoms with van der Waals surface area (Å²) in [5.74, 6) is 1.44. The first-order valence-corrected chi connectivity index (χ1v) is 11.0. The molecule has 2 aliphatic rings. The molecule has 2 fully saturated rings. The molecule has 4 nitrogen and oxygen atoms in total. The second-order valence-electron chi connectivity index (χ2n) is 7.48. The zero-order chi connectivity index (χ0) is 18.2. The van der Waals surface area contributed by atoms with Crippen molar-refractivity contribution < 1.29 is 4.79 Å². The van der Waals surface area contributed by atoms with E-state index >= 15 is 0 Å². The van der Waals surface area contributed by atoms with Crippen LogP contribution in [0, 0.1) is 11.3 Å². The zero-order valence-corrected chi connectivity index (χ0v) is 16.5. The summed E-state index contributed by atoms with van der Waals surface area (Å²) in [5.41, 5.74) is 1.82. The van der Waals surface area contributed by atoms with Gasteiger partial charge in [0.2, 0.25) is 0 Å². The summed E-state index contributed by atoms with van der Waals surface area (Å²) in [7, 11) is 0. The van der Waals surface area contributed by atoms with Crippen LogP contribution in [0.5, 0.6) is 0 Å². The number of para-hydroxylation sites is 1. The topological polar surface area (TPSA) is 56.2 Å². The van der Waals surface area contributed by atoms with E-state index in [4.69, 9.17) is 5.41 Å². The van der Waals surface area contributed by atoms with Crippen LogP contribution in [0.4, 0.5) is 5.69 Å². The van der Waals surface area contributed by atoms with Gasteiger partial charge in [0.05, 0.1) is 17.5 Å². The van der Waals surface area contributed by atoms with Crippen molar-refractivity contribution in [2.75, 3.05) is 30.8 Å². The van der Waals surface area contributed by atoms with E-state index in [9.17, 15) is 4.79 Å². The van der Waals surface area contributed by atoms with Gasteiger partial charge >= 0.3 is 0 Å². The Labute approximate surface area is 161 Å². The monoisotopic (exact) mass is 373 g/mol. The number of anilines is 1. The van der Waals surface area contributed by atoms with Gasteiger partial charge in [-0.25, -0.2) is 0 Å². The molecule has 0 spiro atoms. The summed E-state index contributed by atoms with van der Waals surface area (Å²) in [5, 5.41) is 12.4. The summed E-state index contributed by atoms with van der Waals surface area (Å²) in [6.45, 7) is 2.68. The highest BCUT2D eigenvalue weighted by molar-refractivity contribution is 8.14. The molecule has 142 valence electrons. The van der Waals surface area contributed by atoms with Crippen LogP contribution in [0.3, 0.4) is 0 Å². The lowest BCUT2D eigenvalue weighted by atomic mass is 9.86. The van der Waals surface area contributed by atoms with Crippen LogP contribution in [-0.2, 0) is 4.79 Å². The highest BCUT2D eigenvalue weighted by Crippen LogP contribution is 2.26. The second kappa shape index (κ2) is 10.1. The number of rotatable bonds is 7. The molecule has 0 unspecified atom stereocenters. The van der Waals surface area contributed by atoms with Gasteiger partial charge in [0, 0.05) is 17.2 Å². The van der Waals surface area contributed by atoms with E-state index in [1.165, 1.54) is 38.5 Å². The predicted molar refractivity (Wildman–Crippen MR) is 111 cm³/mol. The van der Waals surface area contributed by atoms with Gasteiger partial charge in [-0.15, -0.1) is 0 Å². The lowest BCUT2D eigenvalue weighted by molar-refractivity contribution is -0.122. The zero-order valence-electron chi connectivity index (χ0n) is 15.6. The number of thioether (sulfide) groups is 1. The number of ketones is 1. The first-order chi connectivity index (χ1) is 12.7. The van der Waals surface area contributed by atoms with Gasteiger partial charge in [-0.2, -0.15) is 0 Å². The Balaban J connectivity index is 1.53. The average Bonchev–Trinajstić information content (AvgIpc) is 2.72. The predicted octanol–water partition coefficient (Wildman–Crippen LogP) is 4.75. The molecule has 1 saturated carbocycles. The van der Waals surface area contributed by atoms with Gasteiger partial charge in [0.1, 0.15) is 0 Å². The van der Waals surface area contributed by atoms with Crippen molar-refractivity contribution in [3.63, 3.8) is 0 Å². The molecule has 0 aromatic heterocycles. The molecule has 3 rings (SSSR count). The number of nitrogens with one attached hydrogen (secondary N) is 2. The molecular weight excluding hydrogens is 342 g/mol. The highest BCUT2D eigenvalue weighted by Gasteiger charge is 2.21. The molecular formula is C21H31N3OS. The number of Topliss-reactive ketones (excluding diaryl/α,β-unsaturated/α-hetero) is 1. The maximum atomic E-state index is 12.5. The standard InChI is InChI=1S/C21H31N3OS/c22-21(26-16-24-13-7-2-8-14-24)18-11-5-6-12-19(18)23-15-20(25)17-9-3-1-4-10-17/h5-6,11-12,17,22-23H,1-4,7-10,13-16H2. The molecule has 0 amide bonds. The molecule has 0 radical (unpaired) electrons. The number of hydrogen-bond acceptors (Lipinski definition) is 5. The minimum Gasteiger partial charge on any atom is -0.377 e. The molecule has 2 N–H and O–H groups in total. The number of benzene rings is 1. The van der Waals surface area contributed by atoms with Crippen molar-refractivity contribution >= 4 is 28.3 Å². The van der Waals surface area contributed by atoms with Crippen molar-refractivity contribution in [3.05, 3.63) is 29.8 Å². The summed E-state index contributed by atoms with van der Waals surface area (Å²) in [6.07, 6.45) is 9.61. The van der Waals surface area contributed by atoms with Crippen LogP contribution >= 0.6 is 11.8 Å². The molecule has 1 aliphatic heterocycles. The van der Waals surface area contributed by atoms with Gasteiger partial charge in [-0.05, 0) is 44.8 Å². The Morgan fingerprint density at radius 2 is 1.77 bits per heavy atom. The number of piperidine rings is 1. The molecule has 1 heterocycles. The lowest BCUT2D eigenvalue weighted by Crippen LogP contribution is -2.29. The fourth-order valence-electron chi connectivity index (χ4n) is 3.91. The average molecular weight is 374 g/mol. The van der Waals surface area contributed by atoms with Crippen molar-refractivity contribution in [1.29, 1.82) is 5.41 Å². The molecule has 0 atom stereocenters. The van der Waals surface area contributed by atoms with Crippen LogP contribution in [-0.4, -0.2) is 41.2 Å². The van der Waals surface area contributed by atoms with Gasteiger partial charge in [0.15, 0.2) is 5.78 Å². The number of carbonyl (C=O) groups is 1. The Hall–Kier alpha value is -1.33. The van der Waals surface area contributed by atoms with Crippen molar-refractivity contribution in [1.82, 2.24) is 4.90 Å². The van der Waals surface area contributed by atoms with E-state index < -0.39 is 0 Å². The normalized spacial score (nSPS) is 19.2. The summed E-state index contributed by atoms with van der Waals surface area (Å²) in [6, 6.07) is 7.91. The van der Waals surface area contributed by atoms with Crippen molar-refractivity contribution in [2.45, 2.75) is 51.4 Å². The Morgan fingerprint density at radius 3 is 2.54 bits per heavy atom. The number of likely N-dealkylation sites (tertiary alicyclic amines) is 1. The molecule has 1 aromatic rings. The van der Waals surface area contributed by atoms with Crippen LogP contribution in [0.2, 0.25) is 0 Å². The summed E-state index contributed by atoms with van der Waals surface area (Å²) >= 11 is 1.60. The molecule has 1 aliphatic carbocycles. The molecule has 1 aromatic carbocycles. The van der Waals surface area contributed by atoms with E-state index in [1.54, 1.807) is 11.8 Å². The second-order valence-corrected chi connectivity index (χ2v) is 8.44. The minimum atomic E-state index is 0.233. The van der Waals surface area contributed by atoms with Crippen LogP contribution in [0.25, 0.3) is 0 Å². The first-order valence-electron chi connectivity index (χ1n) is 10.0. The van der Waals surface area contributed by atoms with E-state index in [2.05, 4.69) is 10.2 Å².